The first-order chi connectivity index (χ1) is 7.08. The summed E-state index contributed by atoms with van der Waals surface area (Å²) in [5.41, 5.74) is 7.36. The van der Waals surface area contributed by atoms with E-state index < -0.39 is 0 Å². The van der Waals surface area contributed by atoms with Crippen molar-refractivity contribution in [3.8, 4) is 0 Å². The van der Waals surface area contributed by atoms with Gasteiger partial charge in [-0.25, -0.2) is 0 Å². The molecule has 0 radical (unpaired) electrons. The fourth-order valence-electron chi connectivity index (χ4n) is 1.34. The lowest BCUT2D eigenvalue weighted by molar-refractivity contribution is 0.894. The molecule has 2 rings (SSSR count). The minimum Gasteiger partial charge on any atom is -0.320 e. The third-order valence-corrected chi connectivity index (χ3v) is 5.56. The van der Waals surface area contributed by atoms with Gasteiger partial charge in [-0.2, -0.15) is 0 Å². The molecule has 1 atom stereocenters. The lowest BCUT2D eigenvalue weighted by Crippen LogP contribution is -2.09. The van der Waals surface area contributed by atoms with Crippen molar-refractivity contribution in [2.75, 3.05) is 0 Å². The molecule has 0 aliphatic carbocycles. The van der Waals surface area contributed by atoms with Crippen molar-refractivity contribution < 1.29 is 0 Å². The van der Waals surface area contributed by atoms with Gasteiger partial charge in [0.2, 0.25) is 0 Å². The van der Waals surface area contributed by atoms with Gasteiger partial charge in [0.15, 0.2) is 0 Å². The monoisotopic (exact) mass is 365 g/mol. The maximum Gasteiger partial charge on any atom is 0.0761 e. The average Bonchev–Trinajstić information content (AvgIpc) is 2.71. The number of aryl methyl sites for hydroxylation is 1. The fourth-order valence-corrected chi connectivity index (χ4v) is 5.17. The molecule has 1 unspecified atom stereocenters. The van der Waals surface area contributed by atoms with Gasteiger partial charge in [0.05, 0.1) is 13.6 Å². The molecule has 0 bridgehead atoms. The summed E-state index contributed by atoms with van der Waals surface area (Å²) in [5.74, 6) is 0. The van der Waals surface area contributed by atoms with E-state index in [2.05, 4.69) is 57.0 Å². The van der Waals surface area contributed by atoms with Crippen LogP contribution in [0.2, 0.25) is 0 Å². The Labute approximate surface area is 114 Å². The Morgan fingerprint density at radius 2 is 2.00 bits per heavy atom. The maximum absolute atomic E-state index is 6.21. The minimum absolute atomic E-state index is 0.0272. The molecule has 0 saturated carbocycles. The van der Waals surface area contributed by atoms with Gasteiger partial charge in [0.25, 0.3) is 0 Å². The fraction of sp³-hybridized carbons (Fsp3) is 0.200. The van der Waals surface area contributed by atoms with E-state index in [4.69, 9.17) is 5.73 Å². The molecule has 2 aromatic heterocycles. The molecule has 2 heterocycles. The van der Waals surface area contributed by atoms with Crippen LogP contribution in [0.25, 0.3) is 0 Å². The second-order valence-corrected chi connectivity index (χ2v) is 8.27. The predicted octanol–water partition coefficient (Wildman–Crippen LogP) is 4.69. The summed E-state index contributed by atoms with van der Waals surface area (Å²) >= 11 is 10.4. The van der Waals surface area contributed by atoms with Crippen LogP contribution in [0.3, 0.4) is 0 Å². The number of thiophene rings is 2. The number of hydrogen-bond acceptors (Lipinski definition) is 3. The molecular weight excluding hydrogens is 358 g/mol. The number of nitrogens with two attached hydrogens (primary N) is 1. The first kappa shape index (κ1) is 11.8. The van der Waals surface area contributed by atoms with Gasteiger partial charge in [0.1, 0.15) is 0 Å². The van der Waals surface area contributed by atoms with Crippen molar-refractivity contribution in [3.05, 3.63) is 41.1 Å². The van der Waals surface area contributed by atoms with E-state index in [0.29, 0.717) is 0 Å². The Morgan fingerprint density at radius 1 is 1.27 bits per heavy atom. The summed E-state index contributed by atoms with van der Waals surface area (Å²) in [6, 6.07) is 6.26. The quantitative estimate of drug-likeness (QED) is 0.819. The SMILES string of the molecule is Cc1ccc(C(N)c2cc(Br)sc2Br)s1. The van der Waals surface area contributed by atoms with Crippen molar-refractivity contribution in [1.82, 2.24) is 0 Å². The van der Waals surface area contributed by atoms with Crippen LogP contribution in [0, 0.1) is 6.92 Å². The van der Waals surface area contributed by atoms with Gasteiger partial charge in [-0.05, 0) is 57.0 Å². The van der Waals surface area contributed by atoms with Gasteiger partial charge in [-0.15, -0.1) is 22.7 Å². The molecular formula is C10H9Br2NS2. The van der Waals surface area contributed by atoms with Gasteiger partial charge in [-0.3, -0.25) is 0 Å². The molecule has 1 nitrogen and oxygen atoms in total. The highest BCUT2D eigenvalue weighted by Crippen LogP contribution is 2.38. The summed E-state index contributed by atoms with van der Waals surface area (Å²) in [5, 5.41) is 0. The Kier molecular flexibility index (Phi) is 3.67. The van der Waals surface area contributed by atoms with Gasteiger partial charge < -0.3 is 5.73 Å². The Morgan fingerprint density at radius 3 is 2.47 bits per heavy atom. The molecule has 0 aliphatic rings. The van der Waals surface area contributed by atoms with Crippen molar-refractivity contribution in [1.29, 1.82) is 0 Å². The smallest absolute Gasteiger partial charge is 0.0761 e. The molecule has 0 aromatic carbocycles. The number of halogens is 2. The lowest BCUT2D eigenvalue weighted by Gasteiger charge is -2.07. The summed E-state index contributed by atoms with van der Waals surface area (Å²) in [7, 11) is 0. The zero-order valence-corrected chi connectivity index (χ0v) is 12.8. The topological polar surface area (TPSA) is 26.0 Å². The summed E-state index contributed by atoms with van der Waals surface area (Å²) in [4.78, 5) is 2.50. The Bertz CT molecular complexity index is 475. The molecule has 0 saturated heterocycles. The minimum atomic E-state index is -0.0272. The van der Waals surface area contributed by atoms with E-state index in [0.717, 1.165) is 13.1 Å². The summed E-state index contributed by atoms with van der Waals surface area (Å²) in [6.45, 7) is 2.10. The summed E-state index contributed by atoms with van der Waals surface area (Å²) < 4.78 is 2.21. The van der Waals surface area contributed by atoms with E-state index in [9.17, 15) is 0 Å². The lowest BCUT2D eigenvalue weighted by atomic mass is 10.1. The second kappa shape index (κ2) is 4.67. The number of rotatable bonds is 2. The van der Waals surface area contributed by atoms with E-state index in [1.807, 2.05) is 0 Å². The van der Waals surface area contributed by atoms with Gasteiger partial charge >= 0.3 is 0 Å². The highest BCUT2D eigenvalue weighted by atomic mass is 79.9. The maximum atomic E-state index is 6.21. The van der Waals surface area contributed by atoms with Gasteiger partial charge in [-0.1, -0.05) is 0 Å². The molecule has 2 aromatic rings. The van der Waals surface area contributed by atoms with Crippen LogP contribution in [-0.4, -0.2) is 0 Å². The first-order valence-corrected chi connectivity index (χ1v) is 7.56. The van der Waals surface area contributed by atoms with E-state index in [1.165, 1.54) is 9.75 Å². The van der Waals surface area contributed by atoms with Crippen molar-refractivity contribution >= 4 is 54.5 Å². The van der Waals surface area contributed by atoms with Crippen molar-refractivity contribution in [2.45, 2.75) is 13.0 Å². The van der Waals surface area contributed by atoms with Crippen LogP contribution in [0.4, 0.5) is 0 Å². The molecule has 0 aliphatic heterocycles. The van der Waals surface area contributed by atoms with Crippen molar-refractivity contribution in [3.63, 3.8) is 0 Å². The molecule has 2 N–H and O–H groups in total. The van der Waals surface area contributed by atoms with E-state index in [-0.39, 0.29) is 6.04 Å². The second-order valence-electron chi connectivity index (χ2n) is 3.21. The van der Waals surface area contributed by atoms with Gasteiger partial charge in [0, 0.05) is 15.3 Å². The first-order valence-electron chi connectivity index (χ1n) is 4.34. The van der Waals surface area contributed by atoms with Crippen LogP contribution in [0.15, 0.2) is 25.8 Å². The molecule has 0 amide bonds. The normalized spacial score (nSPS) is 13.1. The van der Waals surface area contributed by atoms with Crippen LogP contribution in [0.1, 0.15) is 21.4 Å². The zero-order chi connectivity index (χ0) is 11.0. The summed E-state index contributed by atoms with van der Waals surface area (Å²) in [6.07, 6.45) is 0. The molecule has 80 valence electrons. The zero-order valence-electron chi connectivity index (χ0n) is 7.96. The molecule has 5 heteroatoms. The van der Waals surface area contributed by atoms with Crippen LogP contribution in [0.5, 0.6) is 0 Å². The van der Waals surface area contributed by atoms with Crippen LogP contribution >= 0.6 is 54.5 Å². The Hall–Kier alpha value is 0.320. The largest absolute Gasteiger partial charge is 0.320 e. The predicted molar refractivity (Wildman–Crippen MR) is 74.8 cm³/mol. The third kappa shape index (κ3) is 2.53. The highest BCUT2D eigenvalue weighted by Gasteiger charge is 2.16. The molecule has 0 fully saturated rings. The van der Waals surface area contributed by atoms with Crippen molar-refractivity contribution in [2.24, 2.45) is 5.73 Å². The highest BCUT2D eigenvalue weighted by molar-refractivity contribution is 9.12. The van der Waals surface area contributed by atoms with Crippen LogP contribution < -0.4 is 5.73 Å². The standard InChI is InChI=1S/C10H9Br2NS2/c1-5-2-3-7(14-5)9(13)6-4-8(11)15-10(6)12/h2-4,9H,13H2,1H3. The van der Waals surface area contributed by atoms with E-state index in [1.54, 1.807) is 22.7 Å². The number of hydrogen-bond donors (Lipinski definition) is 1. The molecule has 15 heavy (non-hydrogen) atoms. The van der Waals surface area contributed by atoms with Crippen LogP contribution in [-0.2, 0) is 0 Å². The average molecular weight is 367 g/mol. The Balaban J connectivity index is 2.35. The third-order valence-electron chi connectivity index (χ3n) is 2.09. The van der Waals surface area contributed by atoms with E-state index >= 15 is 0 Å². The molecule has 0 spiro atoms.